The van der Waals surface area contributed by atoms with Crippen molar-refractivity contribution in [1.82, 2.24) is 14.9 Å². The van der Waals surface area contributed by atoms with E-state index in [0.717, 1.165) is 5.69 Å². The summed E-state index contributed by atoms with van der Waals surface area (Å²) in [5, 5.41) is 6.48. The monoisotopic (exact) mass is 290 g/mol. The number of hydrogen-bond acceptors (Lipinski definition) is 5. The minimum absolute atomic E-state index is 0.105. The lowest BCUT2D eigenvalue weighted by molar-refractivity contribution is 0.121. The van der Waals surface area contributed by atoms with Gasteiger partial charge in [-0.3, -0.25) is 5.10 Å². The van der Waals surface area contributed by atoms with E-state index in [0.29, 0.717) is 0 Å². The van der Waals surface area contributed by atoms with Gasteiger partial charge in [-0.15, -0.1) is 0 Å². The first-order valence-corrected chi connectivity index (χ1v) is 7.24. The maximum absolute atomic E-state index is 11.6. The molecule has 108 valence electrons. The van der Waals surface area contributed by atoms with Crippen LogP contribution in [0.15, 0.2) is 6.07 Å². The van der Waals surface area contributed by atoms with Crippen LogP contribution in [0.2, 0.25) is 0 Å². The Bertz CT molecular complexity index is 535. The van der Waals surface area contributed by atoms with Crippen LogP contribution in [-0.2, 0) is 14.9 Å². The first-order chi connectivity index (χ1) is 8.69. The zero-order chi connectivity index (χ0) is 14.6. The quantitative estimate of drug-likeness (QED) is 0.757. The van der Waals surface area contributed by atoms with Gasteiger partial charge in [-0.05, 0) is 19.8 Å². The number of carbonyl (C=O) groups excluding carboxylic acids is 1. The number of nitrogens with one attached hydrogen (secondary N) is 3. The Morgan fingerprint density at radius 3 is 2.47 bits per heavy atom. The predicted octanol–water partition coefficient (Wildman–Crippen LogP) is 1.32. The molecule has 1 amide bonds. The number of H-pyrrole nitrogens is 1. The molecule has 0 unspecified atom stereocenters. The van der Waals surface area contributed by atoms with Gasteiger partial charge in [-0.1, -0.05) is 13.8 Å². The fourth-order valence-corrected chi connectivity index (χ4v) is 1.89. The summed E-state index contributed by atoms with van der Waals surface area (Å²) in [5.74, 6) is 0.290. The molecule has 19 heavy (non-hydrogen) atoms. The second kappa shape index (κ2) is 5.91. The van der Waals surface area contributed by atoms with E-state index in [9.17, 15) is 13.2 Å². The molecule has 0 atom stereocenters. The molecule has 0 radical (unpaired) electrons. The van der Waals surface area contributed by atoms with Crippen LogP contribution in [0.25, 0.3) is 0 Å². The number of aromatic amines is 1. The van der Waals surface area contributed by atoms with Gasteiger partial charge >= 0.3 is 16.3 Å². The lowest BCUT2D eigenvalue weighted by Crippen LogP contribution is -2.36. The Morgan fingerprint density at radius 2 is 2.00 bits per heavy atom. The van der Waals surface area contributed by atoms with E-state index < -0.39 is 22.4 Å². The van der Waals surface area contributed by atoms with E-state index in [1.54, 1.807) is 24.6 Å². The third kappa shape index (κ3) is 5.16. The standard InChI is InChI=1S/C10H18N4O4S/c1-6(2)8-5-9(12-11-8)13-19(16,17)14-10(15)18-7(3)4/h5-7H,1-4H3,(H,14,15)(H2,11,12,13). The van der Waals surface area contributed by atoms with Crippen LogP contribution in [0.1, 0.15) is 39.3 Å². The molecule has 0 bridgehead atoms. The fourth-order valence-electron chi connectivity index (χ4n) is 1.20. The van der Waals surface area contributed by atoms with Crippen molar-refractivity contribution in [2.75, 3.05) is 4.72 Å². The molecular weight excluding hydrogens is 272 g/mol. The van der Waals surface area contributed by atoms with Crippen LogP contribution in [0.4, 0.5) is 10.6 Å². The summed E-state index contributed by atoms with van der Waals surface area (Å²) in [6.07, 6.45) is -1.45. The van der Waals surface area contributed by atoms with Gasteiger partial charge in [0.05, 0.1) is 6.10 Å². The maximum atomic E-state index is 11.6. The number of aromatic nitrogens is 2. The van der Waals surface area contributed by atoms with E-state index in [1.807, 2.05) is 13.8 Å². The summed E-state index contributed by atoms with van der Waals surface area (Å²) in [6, 6.07) is 1.55. The van der Waals surface area contributed by atoms with Crippen LogP contribution < -0.4 is 9.44 Å². The largest absolute Gasteiger partial charge is 0.446 e. The molecule has 0 aliphatic rings. The SMILES string of the molecule is CC(C)OC(=O)NS(=O)(=O)Nc1cc(C(C)C)[nH]n1. The summed E-state index contributed by atoms with van der Waals surface area (Å²) >= 11 is 0. The summed E-state index contributed by atoms with van der Waals surface area (Å²) < 4.78 is 31.7. The predicted molar refractivity (Wildman–Crippen MR) is 70.0 cm³/mol. The van der Waals surface area contributed by atoms with Crippen molar-refractivity contribution in [3.8, 4) is 0 Å². The second-order valence-electron chi connectivity index (χ2n) is 4.52. The van der Waals surface area contributed by atoms with Gasteiger partial charge in [0.15, 0.2) is 5.82 Å². The van der Waals surface area contributed by atoms with E-state index in [4.69, 9.17) is 0 Å². The molecule has 0 saturated heterocycles. The summed E-state index contributed by atoms with van der Waals surface area (Å²) in [4.78, 5) is 11.2. The van der Waals surface area contributed by atoms with Gasteiger partial charge in [0.25, 0.3) is 0 Å². The topological polar surface area (TPSA) is 113 Å². The molecule has 3 N–H and O–H groups in total. The third-order valence-electron chi connectivity index (χ3n) is 2.02. The summed E-state index contributed by atoms with van der Waals surface area (Å²) in [7, 11) is -4.05. The molecule has 8 nitrogen and oxygen atoms in total. The van der Waals surface area contributed by atoms with Gasteiger partial charge in [-0.2, -0.15) is 13.5 Å². The molecule has 0 aromatic carbocycles. The minimum Gasteiger partial charge on any atom is -0.446 e. The smallest absolute Gasteiger partial charge is 0.422 e. The Morgan fingerprint density at radius 1 is 1.37 bits per heavy atom. The third-order valence-corrected chi connectivity index (χ3v) is 2.93. The number of rotatable bonds is 5. The van der Waals surface area contributed by atoms with Gasteiger partial charge in [-0.25, -0.2) is 14.2 Å². The van der Waals surface area contributed by atoms with Crippen LogP contribution >= 0.6 is 0 Å². The maximum Gasteiger partial charge on any atom is 0.422 e. The average Bonchev–Trinajstić information content (AvgIpc) is 2.62. The molecule has 0 spiro atoms. The van der Waals surface area contributed by atoms with E-state index in [1.165, 1.54) is 0 Å². The molecular formula is C10H18N4O4S. The van der Waals surface area contributed by atoms with Crippen molar-refractivity contribution >= 4 is 22.1 Å². The van der Waals surface area contributed by atoms with Crippen LogP contribution in [0, 0.1) is 0 Å². The van der Waals surface area contributed by atoms with Gasteiger partial charge in [0.1, 0.15) is 0 Å². The van der Waals surface area contributed by atoms with Crippen molar-refractivity contribution in [2.24, 2.45) is 0 Å². The molecule has 1 rings (SSSR count). The number of anilines is 1. The van der Waals surface area contributed by atoms with Crippen LogP contribution in [0.3, 0.4) is 0 Å². The average molecular weight is 290 g/mol. The molecule has 1 aromatic heterocycles. The van der Waals surface area contributed by atoms with Crippen LogP contribution in [-0.4, -0.2) is 30.8 Å². The van der Waals surface area contributed by atoms with Crippen LogP contribution in [0.5, 0.6) is 0 Å². The van der Waals surface area contributed by atoms with E-state index in [-0.39, 0.29) is 11.7 Å². The highest BCUT2D eigenvalue weighted by molar-refractivity contribution is 7.91. The molecule has 1 aromatic rings. The molecule has 9 heteroatoms. The number of hydrogen-bond donors (Lipinski definition) is 3. The number of ether oxygens (including phenoxy) is 1. The zero-order valence-corrected chi connectivity index (χ0v) is 12.0. The lowest BCUT2D eigenvalue weighted by Gasteiger charge is -2.10. The summed E-state index contributed by atoms with van der Waals surface area (Å²) in [6.45, 7) is 7.10. The highest BCUT2D eigenvalue weighted by atomic mass is 32.2. The van der Waals surface area contributed by atoms with Gasteiger partial charge in [0.2, 0.25) is 0 Å². The molecule has 1 heterocycles. The fraction of sp³-hybridized carbons (Fsp3) is 0.600. The summed E-state index contributed by atoms with van der Waals surface area (Å²) in [5.41, 5.74) is 0.780. The zero-order valence-electron chi connectivity index (χ0n) is 11.2. The van der Waals surface area contributed by atoms with Gasteiger partial charge < -0.3 is 4.74 Å². The number of amides is 1. The highest BCUT2D eigenvalue weighted by Gasteiger charge is 2.18. The van der Waals surface area contributed by atoms with Crippen molar-refractivity contribution in [1.29, 1.82) is 0 Å². The molecule has 0 aliphatic heterocycles. The lowest BCUT2D eigenvalue weighted by atomic mass is 10.1. The van der Waals surface area contributed by atoms with Crippen molar-refractivity contribution < 1.29 is 17.9 Å². The Labute approximate surface area is 112 Å². The Hall–Kier alpha value is -1.77. The second-order valence-corrected chi connectivity index (χ2v) is 5.94. The first kappa shape index (κ1) is 15.3. The minimum atomic E-state index is -4.05. The van der Waals surface area contributed by atoms with Crippen molar-refractivity contribution in [3.05, 3.63) is 11.8 Å². The molecule has 0 saturated carbocycles. The number of carbonyl (C=O) groups is 1. The first-order valence-electron chi connectivity index (χ1n) is 5.76. The Balaban J connectivity index is 2.66. The van der Waals surface area contributed by atoms with Gasteiger partial charge in [0, 0.05) is 11.8 Å². The van der Waals surface area contributed by atoms with E-state index in [2.05, 4.69) is 19.7 Å². The molecule has 0 fully saturated rings. The van der Waals surface area contributed by atoms with E-state index >= 15 is 0 Å². The normalized spacial score (nSPS) is 11.7. The number of nitrogens with zero attached hydrogens (tertiary/aromatic N) is 1. The van der Waals surface area contributed by atoms with Crippen molar-refractivity contribution in [3.63, 3.8) is 0 Å². The molecule has 0 aliphatic carbocycles. The Kier molecular flexibility index (Phi) is 4.76. The van der Waals surface area contributed by atoms with Crippen molar-refractivity contribution in [2.45, 2.75) is 39.7 Å². The highest BCUT2D eigenvalue weighted by Crippen LogP contribution is 2.15.